The normalized spacial score (nSPS) is 10.1. The highest BCUT2D eigenvalue weighted by atomic mass is 16.6. The number of hydrogen-bond donors (Lipinski definition) is 0. The van der Waals surface area contributed by atoms with Gasteiger partial charge < -0.3 is 9.64 Å². The van der Waals surface area contributed by atoms with Gasteiger partial charge in [0.1, 0.15) is 11.9 Å². The van der Waals surface area contributed by atoms with Gasteiger partial charge in [-0.2, -0.15) is 0 Å². The predicted molar refractivity (Wildman–Crippen MR) is 76.4 cm³/mol. The number of pyridine rings is 1. The molecule has 0 spiro atoms. The Balaban J connectivity index is 2.15. The average Bonchev–Trinajstić information content (AvgIpc) is 2.47. The first-order chi connectivity index (χ1) is 9.60. The van der Waals surface area contributed by atoms with Crippen molar-refractivity contribution in [2.75, 3.05) is 18.5 Å². The Morgan fingerprint density at radius 2 is 2.15 bits per heavy atom. The van der Waals surface area contributed by atoms with Gasteiger partial charge in [-0.1, -0.05) is 6.07 Å². The molecule has 104 valence electrons. The molecule has 2 rings (SSSR count). The van der Waals surface area contributed by atoms with E-state index in [9.17, 15) is 10.1 Å². The molecule has 0 saturated carbocycles. The van der Waals surface area contributed by atoms with Crippen LogP contribution >= 0.6 is 0 Å². The first kappa shape index (κ1) is 13.8. The molecule has 1 heterocycles. The molecule has 0 bridgehead atoms. The molecule has 0 amide bonds. The maximum atomic E-state index is 10.5. The molecular weight excluding hydrogens is 258 g/mol. The summed E-state index contributed by atoms with van der Waals surface area (Å²) in [6.45, 7) is 2.95. The number of benzene rings is 1. The quantitative estimate of drug-likeness (QED) is 0.618. The zero-order valence-electron chi connectivity index (χ0n) is 11.3. The fourth-order valence-electron chi connectivity index (χ4n) is 1.63. The molecule has 0 aliphatic heterocycles. The van der Waals surface area contributed by atoms with Crippen LogP contribution in [0.15, 0.2) is 42.6 Å². The van der Waals surface area contributed by atoms with E-state index in [-0.39, 0.29) is 5.69 Å². The summed E-state index contributed by atoms with van der Waals surface area (Å²) in [4.78, 5) is 16.0. The Kier molecular flexibility index (Phi) is 4.14. The molecule has 0 atom stereocenters. The van der Waals surface area contributed by atoms with E-state index in [0.29, 0.717) is 11.6 Å². The first-order valence-corrected chi connectivity index (χ1v) is 6.19. The first-order valence-electron chi connectivity index (χ1n) is 6.19. The Morgan fingerprint density at radius 1 is 1.35 bits per heavy atom. The third kappa shape index (κ3) is 3.23. The molecule has 0 saturated heterocycles. The van der Waals surface area contributed by atoms with Crippen molar-refractivity contribution >= 4 is 11.4 Å². The number of anilines is 1. The number of hydrogen-bond acceptors (Lipinski definition) is 5. The Labute approximate surface area is 116 Å². The number of nitro groups is 1. The Morgan fingerprint density at radius 3 is 2.75 bits per heavy atom. The fourth-order valence-corrected chi connectivity index (χ4v) is 1.63. The van der Waals surface area contributed by atoms with Crippen molar-refractivity contribution in [3.8, 4) is 11.6 Å². The van der Waals surface area contributed by atoms with Gasteiger partial charge in [-0.3, -0.25) is 10.1 Å². The molecule has 2 aromatic rings. The lowest BCUT2D eigenvalue weighted by Crippen LogP contribution is -2.15. The van der Waals surface area contributed by atoms with E-state index in [2.05, 4.69) is 16.8 Å². The second-order valence-corrected chi connectivity index (χ2v) is 4.23. The number of ether oxygens (including phenoxy) is 1. The third-order valence-electron chi connectivity index (χ3n) is 2.89. The minimum atomic E-state index is -0.492. The van der Waals surface area contributed by atoms with E-state index in [0.717, 1.165) is 12.2 Å². The van der Waals surface area contributed by atoms with E-state index < -0.39 is 4.92 Å². The third-order valence-corrected chi connectivity index (χ3v) is 2.89. The summed E-state index contributed by atoms with van der Waals surface area (Å²) in [5.74, 6) is 0.969. The van der Waals surface area contributed by atoms with Gasteiger partial charge in [0.2, 0.25) is 5.88 Å². The van der Waals surface area contributed by atoms with Gasteiger partial charge in [-0.25, -0.2) is 4.98 Å². The van der Waals surface area contributed by atoms with Gasteiger partial charge in [-0.15, -0.1) is 0 Å². The highest BCUT2D eigenvalue weighted by molar-refractivity contribution is 5.50. The fraction of sp³-hybridized carbons (Fsp3) is 0.214. The second-order valence-electron chi connectivity index (χ2n) is 4.23. The van der Waals surface area contributed by atoms with E-state index in [4.69, 9.17) is 4.74 Å². The van der Waals surface area contributed by atoms with Gasteiger partial charge in [0.05, 0.1) is 4.92 Å². The van der Waals surface area contributed by atoms with E-state index in [1.54, 1.807) is 0 Å². The van der Waals surface area contributed by atoms with Crippen LogP contribution < -0.4 is 9.64 Å². The summed E-state index contributed by atoms with van der Waals surface area (Å²) in [6, 6.07) is 10.4. The summed E-state index contributed by atoms with van der Waals surface area (Å²) >= 11 is 0. The Bertz CT molecular complexity index is 599. The van der Waals surface area contributed by atoms with Crippen LogP contribution in [0, 0.1) is 10.1 Å². The van der Waals surface area contributed by atoms with E-state index in [1.165, 1.54) is 18.3 Å². The predicted octanol–water partition coefficient (Wildman–Crippen LogP) is 3.24. The molecule has 1 aromatic carbocycles. The largest absolute Gasteiger partial charge is 0.439 e. The standard InChI is InChI=1S/C14H15N3O3/c1-3-16(2)11-5-4-6-13(9-11)20-14-8-7-12(10-15-14)17(18)19/h4-10H,3H2,1-2H3. The lowest BCUT2D eigenvalue weighted by molar-refractivity contribution is -0.385. The Hall–Kier alpha value is -2.63. The lowest BCUT2D eigenvalue weighted by Gasteiger charge is -2.17. The zero-order chi connectivity index (χ0) is 14.5. The maximum Gasteiger partial charge on any atom is 0.287 e. The monoisotopic (exact) mass is 273 g/mol. The summed E-state index contributed by atoms with van der Waals surface area (Å²) in [6.07, 6.45) is 1.18. The van der Waals surface area contributed by atoms with Crippen molar-refractivity contribution in [2.24, 2.45) is 0 Å². The van der Waals surface area contributed by atoms with Crippen molar-refractivity contribution in [3.63, 3.8) is 0 Å². The van der Waals surface area contributed by atoms with Crippen molar-refractivity contribution in [2.45, 2.75) is 6.92 Å². The smallest absolute Gasteiger partial charge is 0.287 e. The van der Waals surface area contributed by atoms with Crippen LogP contribution in [0.1, 0.15) is 6.92 Å². The highest BCUT2D eigenvalue weighted by Crippen LogP contribution is 2.25. The molecule has 20 heavy (non-hydrogen) atoms. The molecular formula is C14H15N3O3. The van der Waals surface area contributed by atoms with Crippen molar-refractivity contribution in [3.05, 3.63) is 52.7 Å². The van der Waals surface area contributed by atoms with Crippen molar-refractivity contribution in [1.82, 2.24) is 4.98 Å². The van der Waals surface area contributed by atoms with Gasteiger partial charge in [-0.05, 0) is 19.1 Å². The van der Waals surface area contributed by atoms with Crippen molar-refractivity contribution < 1.29 is 9.66 Å². The van der Waals surface area contributed by atoms with Gasteiger partial charge in [0.15, 0.2) is 0 Å². The van der Waals surface area contributed by atoms with Crippen LogP contribution in [-0.4, -0.2) is 23.5 Å². The molecule has 0 aliphatic carbocycles. The van der Waals surface area contributed by atoms with Crippen LogP contribution in [0.4, 0.5) is 11.4 Å². The minimum Gasteiger partial charge on any atom is -0.439 e. The number of nitrogens with zero attached hydrogens (tertiary/aromatic N) is 3. The van der Waals surface area contributed by atoms with Crippen LogP contribution in [0.3, 0.4) is 0 Å². The lowest BCUT2D eigenvalue weighted by atomic mass is 10.3. The SMILES string of the molecule is CCN(C)c1cccc(Oc2ccc([N+](=O)[O-])cn2)c1. The van der Waals surface area contributed by atoms with Gasteiger partial charge in [0.25, 0.3) is 5.69 Å². The van der Waals surface area contributed by atoms with Crippen LogP contribution in [0.25, 0.3) is 0 Å². The summed E-state index contributed by atoms with van der Waals surface area (Å²) in [7, 11) is 1.99. The molecule has 0 unspecified atom stereocenters. The van der Waals surface area contributed by atoms with Crippen LogP contribution in [0.2, 0.25) is 0 Å². The maximum absolute atomic E-state index is 10.5. The zero-order valence-corrected chi connectivity index (χ0v) is 11.3. The van der Waals surface area contributed by atoms with Gasteiger partial charge >= 0.3 is 0 Å². The van der Waals surface area contributed by atoms with E-state index in [1.807, 2.05) is 31.3 Å². The number of aromatic nitrogens is 1. The molecule has 6 nitrogen and oxygen atoms in total. The topological polar surface area (TPSA) is 68.5 Å². The van der Waals surface area contributed by atoms with Gasteiger partial charge in [0, 0.05) is 37.5 Å². The molecule has 0 radical (unpaired) electrons. The van der Waals surface area contributed by atoms with Crippen LogP contribution in [0.5, 0.6) is 11.6 Å². The van der Waals surface area contributed by atoms with Crippen LogP contribution in [-0.2, 0) is 0 Å². The minimum absolute atomic E-state index is 0.0585. The molecule has 6 heteroatoms. The van der Waals surface area contributed by atoms with Crippen molar-refractivity contribution in [1.29, 1.82) is 0 Å². The average molecular weight is 273 g/mol. The summed E-state index contributed by atoms with van der Waals surface area (Å²) in [5.41, 5.74) is 0.976. The second kappa shape index (κ2) is 6.01. The summed E-state index contributed by atoms with van der Waals surface area (Å²) in [5, 5.41) is 10.5. The van der Waals surface area contributed by atoms with E-state index >= 15 is 0 Å². The molecule has 0 aliphatic rings. The highest BCUT2D eigenvalue weighted by Gasteiger charge is 2.07. The summed E-state index contributed by atoms with van der Waals surface area (Å²) < 4.78 is 5.59. The molecule has 0 N–H and O–H groups in total. The molecule has 1 aromatic heterocycles. The molecule has 0 fully saturated rings. The number of rotatable bonds is 5.